The van der Waals surface area contributed by atoms with Crippen LogP contribution in [0.25, 0.3) is 0 Å². The summed E-state index contributed by atoms with van der Waals surface area (Å²) in [5.74, 6) is 2.97. The maximum Gasteiger partial charge on any atom is 0.251 e. The van der Waals surface area contributed by atoms with E-state index >= 15 is 0 Å². The molecule has 0 spiro atoms. The van der Waals surface area contributed by atoms with E-state index in [1.807, 2.05) is 0 Å². The smallest absolute Gasteiger partial charge is 0.251 e. The molecule has 1 heterocycles. The van der Waals surface area contributed by atoms with Crippen LogP contribution in [0.2, 0.25) is 0 Å². The molecule has 4 saturated carbocycles. The van der Waals surface area contributed by atoms with Gasteiger partial charge in [0.05, 0.1) is 17.7 Å². The van der Waals surface area contributed by atoms with Crippen LogP contribution in [0.1, 0.15) is 54.6 Å². The standard InChI is InChI=1S/C23H28N2O4S/c26-22(24-15-23-11-16-8-17(12-23)10-18(9-16)13-23)19-3-5-21(6-4-19)30(27,28)25-14-20-2-1-7-29-20/h1-7,16-18,25H,8-15H2,(H,24,26). The fourth-order valence-electron chi connectivity index (χ4n) is 6.32. The van der Waals surface area contributed by atoms with Gasteiger partial charge in [0.2, 0.25) is 10.0 Å². The SMILES string of the molecule is O=C(NCC12CC3CC(CC(C3)C1)C2)c1ccc(S(=O)(=O)NCc2ccco2)cc1. The second kappa shape index (κ2) is 7.54. The number of carbonyl (C=O) groups is 1. The highest BCUT2D eigenvalue weighted by Gasteiger charge is 2.50. The summed E-state index contributed by atoms with van der Waals surface area (Å²) in [6, 6.07) is 9.53. The maximum atomic E-state index is 12.7. The Morgan fingerprint density at radius 2 is 1.63 bits per heavy atom. The van der Waals surface area contributed by atoms with E-state index < -0.39 is 10.0 Å². The lowest BCUT2D eigenvalue weighted by atomic mass is 9.49. The van der Waals surface area contributed by atoms with E-state index in [-0.39, 0.29) is 22.8 Å². The molecule has 7 heteroatoms. The molecule has 4 fully saturated rings. The molecule has 0 atom stereocenters. The van der Waals surface area contributed by atoms with Crippen LogP contribution in [0.15, 0.2) is 52.0 Å². The summed E-state index contributed by atoms with van der Waals surface area (Å²) in [7, 11) is -3.66. The molecule has 6 nitrogen and oxygen atoms in total. The van der Waals surface area contributed by atoms with Crippen molar-refractivity contribution in [3.05, 3.63) is 54.0 Å². The molecule has 1 aromatic carbocycles. The van der Waals surface area contributed by atoms with Crippen molar-refractivity contribution in [2.45, 2.75) is 50.0 Å². The van der Waals surface area contributed by atoms with Gasteiger partial charge >= 0.3 is 0 Å². The van der Waals surface area contributed by atoms with Gasteiger partial charge in [0, 0.05) is 12.1 Å². The van der Waals surface area contributed by atoms with Crippen molar-refractivity contribution in [1.82, 2.24) is 10.0 Å². The monoisotopic (exact) mass is 428 g/mol. The zero-order valence-corrected chi connectivity index (χ0v) is 17.8. The Balaban J connectivity index is 1.20. The van der Waals surface area contributed by atoms with Gasteiger partial charge < -0.3 is 9.73 Å². The fourth-order valence-corrected chi connectivity index (χ4v) is 7.32. The number of rotatable bonds is 7. The summed E-state index contributed by atoms with van der Waals surface area (Å²) in [6.45, 7) is 0.822. The number of nitrogens with one attached hydrogen (secondary N) is 2. The van der Waals surface area contributed by atoms with Crippen LogP contribution in [0, 0.1) is 23.2 Å². The minimum atomic E-state index is -3.66. The Bertz CT molecular complexity index is 977. The molecule has 160 valence electrons. The summed E-state index contributed by atoms with van der Waals surface area (Å²) >= 11 is 0. The van der Waals surface area contributed by atoms with Crippen LogP contribution in [-0.2, 0) is 16.6 Å². The fraction of sp³-hybridized carbons (Fsp3) is 0.522. The summed E-state index contributed by atoms with van der Waals surface area (Å²) in [4.78, 5) is 12.8. The highest BCUT2D eigenvalue weighted by atomic mass is 32.2. The van der Waals surface area contributed by atoms with Crippen LogP contribution < -0.4 is 10.0 Å². The maximum absolute atomic E-state index is 12.7. The predicted octanol–water partition coefficient (Wildman–Crippen LogP) is 3.70. The Morgan fingerprint density at radius 1 is 1.00 bits per heavy atom. The topological polar surface area (TPSA) is 88.4 Å². The van der Waals surface area contributed by atoms with Crippen molar-refractivity contribution in [3.8, 4) is 0 Å². The summed E-state index contributed by atoms with van der Waals surface area (Å²) in [5.41, 5.74) is 0.772. The normalized spacial score (nSPS) is 29.8. The Labute approximate surface area is 177 Å². The van der Waals surface area contributed by atoms with E-state index in [4.69, 9.17) is 4.42 Å². The quantitative estimate of drug-likeness (QED) is 0.704. The number of benzene rings is 1. The van der Waals surface area contributed by atoms with E-state index in [9.17, 15) is 13.2 Å². The Kier molecular flexibility index (Phi) is 4.98. The minimum Gasteiger partial charge on any atom is -0.468 e. The van der Waals surface area contributed by atoms with E-state index in [2.05, 4.69) is 10.0 Å². The average Bonchev–Trinajstić information content (AvgIpc) is 3.24. The van der Waals surface area contributed by atoms with Gasteiger partial charge in [-0.05, 0) is 98.1 Å². The molecule has 0 radical (unpaired) electrons. The van der Waals surface area contributed by atoms with Gasteiger partial charge in [0.25, 0.3) is 5.91 Å². The molecule has 30 heavy (non-hydrogen) atoms. The van der Waals surface area contributed by atoms with Gasteiger partial charge in [-0.1, -0.05) is 0 Å². The minimum absolute atomic E-state index is 0.0859. The molecule has 2 aromatic rings. The number of sulfonamides is 1. The van der Waals surface area contributed by atoms with E-state index in [1.54, 1.807) is 24.3 Å². The summed E-state index contributed by atoms with van der Waals surface area (Å²) in [6.07, 6.45) is 9.40. The van der Waals surface area contributed by atoms with Crippen molar-refractivity contribution >= 4 is 15.9 Å². The van der Waals surface area contributed by atoms with Crippen molar-refractivity contribution in [1.29, 1.82) is 0 Å². The lowest BCUT2D eigenvalue weighted by Gasteiger charge is -2.56. The molecular formula is C23H28N2O4S. The zero-order chi connectivity index (χ0) is 20.8. The molecule has 4 bridgehead atoms. The largest absolute Gasteiger partial charge is 0.468 e. The molecule has 0 unspecified atom stereocenters. The average molecular weight is 429 g/mol. The van der Waals surface area contributed by atoms with Crippen molar-refractivity contribution in [2.24, 2.45) is 23.2 Å². The molecule has 0 aliphatic heterocycles. The third-order valence-corrected chi connectivity index (χ3v) is 8.65. The van der Waals surface area contributed by atoms with Crippen molar-refractivity contribution < 1.29 is 17.6 Å². The molecule has 6 rings (SSSR count). The van der Waals surface area contributed by atoms with Gasteiger partial charge in [-0.2, -0.15) is 0 Å². The summed E-state index contributed by atoms with van der Waals surface area (Å²) < 4.78 is 32.5. The van der Waals surface area contributed by atoms with Gasteiger partial charge in [0.1, 0.15) is 5.76 Å². The number of hydrogen-bond donors (Lipinski definition) is 2. The number of amides is 1. The zero-order valence-electron chi connectivity index (χ0n) is 17.0. The Hall–Kier alpha value is -2.12. The van der Waals surface area contributed by atoms with Crippen molar-refractivity contribution in [2.75, 3.05) is 6.54 Å². The van der Waals surface area contributed by atoms with Crippen LogP contribution in [-0.4, -0.2) is 20.9 Å². The lowest BCUT2D eigenvalue weighted by molar-refractivity contribution is -0.0503. The second-order valence-electron chi connectivity index (χ2n) is 9.53. The first kappa shape index (κ1) is 19.8. The second-order valence-corrected chi connectivity index (χ2v) is 11.3. The van der Waals surface area contributed by atoms with Gasteiger partial charge in [-0.25, -0.2) is 13.1 Å². The third-order valence-electron chi connectivity index (χ3n) is 7.23. The summed E-state index contributed by atoms with van der Waals surface area (Å²) in [5, 5.41) is 3.14. The van der Waals surface area contributed by atoms with Crippen molar-refractivity contribution in [3.63, 3.8) is 0 Å². The first-order valence-corrected chi connectivity index (χ1v) is 12.3. The molecule has 0 saturated heterocycles. The molecule has 2 N–H and O–H groups in total. The van der Waals surface area contributed by atoms with Crippen LogP contribution in [0.4, 0.5) is 0 Å². The van der Waals surface area contributed by atoms with Gasteiger partial charge in [0.15, 0.2) is 0 Å². The third kappa shape index (κ3) is 3.93. The van der Waals surface area contributed by atoms with Gasteiger partial charge in [-0.3, -0.25) is 4.79 Å². The van der Waals surface area contributed by atoms with E-state index in [0.717, 1.165) is 24.3 Å². The molecule has 1 aromatic heterocycles. The number of furan rings is 1. The van der Waals surface area contributed by atoms with E-state index in [0.29, 0.717) is 11.3 Å². The number of hydrogen-bond acceptors (Lipinski definition) is 4. The molecule has 4 aliphatic carbocycles. The highest BCUT2D eigenvalue weighted by molar-refractivity contribution is 7.89. The number of carbonyl (C=O) groups excluding carboxylic acids is 1. The molecule has 4 aliphatic rings. The molecule has 1 amide bonds. The van der Waals surface area contributed by atoms with Crippen LogP contribution in [0.3, 0.4) is 0 Å². The first-order valence-electron chi connectivity index (χ1n) is 10.8. The van der Waals surface area contributed by atoms with E-state index in [1.165, 1.54) is 56.9 Å². The predicted molar refractivity (Wildman–Crippen MR) is 112 cm³/mol. The Morgan fingerprint density at radius 3 is 2.20 bits per heavy atom. The molecular weight excluding hydrogens is 400 g/mol. The first-order chi connectivity index (χ1) is 14.4. The van der Waals surface area contributed by atoms with Gasteiger partial charge in [-0.15, -0.1) is 0 Å². The van der Waals surface area contributed by atoms with Crippen LogP contribution >= 0.6 is 0 Å². The lowest BCUT2D eigenvalue weighted by Crippen LogP contribution is -2.51. The van der Waals surface area contributed by atoms with Crippen LogP contribution in [0.5, 0.6) is 0 Å². The highest BCUT2D eigenvalue weighted by Crippen LogP contribution is 2.59.